The van der Waals surface area contributed by atoms with Crippen LogP contribution < -0.4 is 0 Å². The Balaban J connectivity index is 2.06. The highest BCUT2D eigenvalue weighted by Crippen LogP contribution is 2.27. The molecule has 0 atom stereocenters. The van der Waals surface area contributed by atoms with Crippen LogP contribution in [0, 0.1) is 10.1 Å². The summed E-state index contributed by atoms with van der Waals surface area (Å²) < 4.78 is 6.68. The van der Waals surface area contributed by atoms with Crippen LogP contribution in [0.2, 0.25) is 0 Å². The molecule has 0 saturated heterocycles. The third kappa shape index (κ3) is 2.14. The maximum Gasteiger partial charge on any atom is 0.372 e. The molecule has 0 aliphatic rings. The summed E-state index contributed by atoms with van der Waals surface area (Å²) in [6.45, 7) is 0.267. The Morgan fingerprint density at radius 1 is 1.33 bits per heavy atom. The van der Waals surface area contributed by atoms with Gasteiger partial charge in [0.1, 0.15) is 0 Å². The molecule has 7 heteroatoms. The van der Waals surface area contributed by atoms with Gasteiger partial charge in [-0.3, -0.25) is 10.1 Å². The lowest BCUT2D eigenvalue weighted by molar-refractivity contribution is -0.383. The summed E-state index contributed by atoms with van der Waals surface area (Å²) in [7, 11) is 0. The molecule has 3 aromatic rings. The first-order valence-electron chi connectivity index (χ1n) is 6.10. The normalized spacial score (nSPS) is 10.9. The van der Waals surface area contributed by atoms with E-state index in [4.69, 9.17) is 9.52 Å². The largest absolute Gasteiger partial charge is 0.475 e. The van der Waals surface area contributed by atoms with Gasteiger partial charge in [-0.25, -0.2) is 4.79 Å². The highest BCUT2D eigenvalue weighted by atomic mass is 16.6. The summed E-state index contributed by atoms with van der Waals surface area (Å²) in [5.74, 6) is -1.26. The zero-order chi connectivity index (χ0) is 15.0. The lowest BCUT2D eigenvalue weighted by Crippen LogP contribution is -2.03. The van der Waals surface area contributed by atoms with E-state index < -0.39 is 10.9 Å². The van der Waals surface area contributed by atoms with Crippen LogP contribution in [0.1, 0.15) is 16.1 Å². The highest BCUT2D eigenvalue weighted by Gasteiger charge is 2.17. The van der Waals surface area contributed by atoms with Crippen LogP contribution in [0.5, 0.6) is 0 Å². The Labute approximate surface area is 118 Å². The maximum absolute atomic E-state index is 11.0. The fourth-order valence-corrected chi connectivity index (χ4v) is 2.34. The van der Waals surface area contributed by atoms with Crippen molar-refractivity contribution in [3.05, 3.63) is 64.2 Å². The van der Waals surface area contributed by atoms with Crippen molar-refractivity contribution in [2.45, 2.75) is 6.54 Å². The first-order valence-corrected chi connectivity index (χ1v) is 6.10. The molecule has 2 aromatic heterocycles. The van der Waals surface area contributed by atoms with E-state index in [1.165, 1.54) is 12.3 Å². The van der Waals surface area contributed by atoms with Crippen molar-refractivity contribution in [3.63, 3.8) is 0 Å². The van der Waals surface area contributed by atoms with Crippen LogP contribution in [0.4, 0.5) is 5.69 Å². The van der Waals surface area contributed by atoms with Crippen molar-refractivity contribution in [2.75, 3.05) is 0 Å². The molecule has 7 nitrogen and oxygen atoms in total. The second-order valence-electron chi connectivity index (χ2n) is 4.49. The lowest BCUT2D eigenvalue weighted by Gasteiger charge is -2.04. The summed E-state index contributed by atoms with van der Waals surface area (Å²) in [6, 6.07) is 8.02. The molecule has 1 N–H and O–H groups in total. The number of aromatic nitrogens is 1. The number of nitro groups is 1. The summed E-state index contributed by atoms with van der Waals surface area (Å²) in [5, 5.41) is 20.5. The van der Waals surface area contributed by atoms with Gasteiger partial charge in [-0.2, -0.15) is 0 Å². The molecule has 0 aliphatic carbocycles. The van der Waals surface area contributed by atoms with E-state index in [1.807, 2.05) is 0 Å². The number of non-ortho nitro benzene ring substituents is 1. The third-order valence-electron chi connectivity index (χ3n) is 3.27. The molecule has 21 heavy (non-hydrogen) atoms. The number of carboxylic acids is 1. The molecule has 0 spiro atoms. The van der Waals surface area contributed by atoms with Gasteiger partial charge in [0.25, 0.3) is 5.69 Å². The van der Waals surface area contributed by atoms with E-state index in [1.54, 1.807) is 35.0 Å². The van der Waals surface area contributed by atoms with Gasteiger partial charge in [-0.1, -0.05) is 6.07 Å². The Bertz CT molecular complexity index is 846. The van der Waals surface area contributed by atoms with Crippen LogP contribution in [0.15, 0.2) is 47.2 Å². The van der Waals surface area contributed by atoms with Crippen LogP contribution >= 0.6 is 0 Å². The Hall–Kier alpha value is -3.09. The topological polar surface area (TPSA) is 98.5 Å². The van der Waals surface area contributed by atoms with E-state index in [-0.39, 0.29) is 18.0 Å². The smallest absolute Gasteiger partial charge is 0.372 e. The number of hydrogen-bond acceptors (Lipinski definition) is 4. The van der Waals surface area contributed by atoms with Crippen molar-refractivity contribution < 1.29 is 19.2 Å². The van der Waals surface area contributed by atoms with Gasteiger partial charge in [-0.15, -0.1) is 0 Å². The number of carboxylic acid groups (broad SMARTS) is 1. The number of furan rings is 1. The first-order chi connectivity index (χ1) is 10.1. The van der Waals surface area contributed by atoms with E-state index in [0.29, 0.717) is 16.5 Å². The number of benzene rings is 1. The number of nitrogens with zero attached hydrogens (tertiary/aromatic N) is 2. The standard InChI is InChI=1S/C14H10N2O5/c17-14(18)13-9(5-7-21-13)8-15-6-4-10-11(15)2-1-3-12(10)16(19)20/h1-7H,8H2,(H,17,18). The number of carbonyl (C=O) groups is 1. The monoisotopic (exact) mass is 286 g/mol. The second kappa shape index (κ2) is 4.78. The van der Waals surface area contributed by atoms with Crippen LogP contribution in [0.3, 0.4) is 0 Å². The first kappa shape index (κ1) is 12.9. The van der Waals surface area contributed by atoms with Crippen molar-refractivity contribution in [2.24, 2.45) is 0 Å². The van der Waals surface area contributed by atoms with E-state index in [2.05, 4.69) is 0 Å². The highest BCUT2D eigenvalue weighted by molar-refractivity contribution is 5.89. The van der Waals surface area contributed by atoms with Gasteiger partial charge >= 0.3 is 5.97 Å². The molecule has 0 radical (unpaired) electrons. The van der Waals surface area contributed by atoms with E-state index in [9.17, 15) is 14.9 Å². The minimum absolute atomic E-state index is 0.0249. The summed E-state index contributed by atoms with van der Waals surface area (Å²) in [6.07, 6.45) is 3.00. The molecular weight excluding hydrogens is 276 g/mol. The van der Waals surface area contributed by atoms with Gasteiger partial charge in [0.05, 0.1) is 28.6 Å². The zero-order valence-corrected chi connectivity index (χ0v) is 10.7. The molecule has 0 unspecified atom stereocenters. The summed E-state index contributed by atoms with van der Waals surface area (Å²) >= 11 is 0. The van der Waals surface area contributed by atoms with Gasteiger partial charge in [0.2, 0.25) is 5.76 Å². The Morgan fingerprint density at radius 2 is 2.14 bits per heavy atom. The molecule has 0 aliphatic heterocycles. The number of hydrogen-bond donors (Lipinski definition) is 1. The zero-order valence-electron chi connectivity index (χ0n) is 10.7. The van der Waals surface area contributed by atoms with Gasteiger partial charge in [0.15, 0.2) is 0 Å². The van der Waals surface area contributed by atoms with Gasteiger partial charge in [0, 0.05) is 17.8 Å². The fourth-order valence-electron chi connectivity index (χ4n) is 2.34. The Morgan fingerprint density at radius 3 is 2.86 bits per heavy atom. The second-order valence-corrected chi connectivity index (χ2v) is 4.49. The van der Waals surface area contributed by atoms with Crippen molar-refractivity contribution in [1.29, 1.82) is 0 Å². The fraction of sp³-hybridized carbons (Fsp3) is 0.0714. The van der Waals surface area contributed by atoms with E-state index in [0.717, 1.165) is 0 Å². The average Bonchev–Trinajstić information content (AvgIpc) is 3.06. The predicted molar refractivity (Wildman–Crippen MR) is 73.4 cm³/mol. The molecule has 0 fully saturated rings. The minimum atomic E-state index is -1.14. The van der Waals surface area contributed by atoms with Crippen molar-refractivity contribution in [3.8, 4) is 0 Å². The van der Waals surface area contributed by atoms with E-state index >= 15 is 0 Å². The number of fused-ring (bicyclic) bond motifs is 1. The molecule has 2 heterocycles. The maximum atomic E-state index is 11.0. The third-order valence-corrected chi connectivity index (χ3v) is 3.27. The summed E-state index contributed by atoms with van der Waals surface area (Å²) in [4.78, 5) is 21.6. The van der Waals surface area contributed by atoms with Crippen LogP contribution in [0.25, 0.3) is 10.9 Å². The Kier molecular flexibility index (Phi) is 2.94. The lowest BCUT2D eigenvalue weighted by atomic mass is 10.2. The molecule has 1 aromatic carbocycles. The molecule has 0 bridgehead atoms. The number of rotatable bonds is 4. The number of aromatic carboxylic acids is 1. The number of nitro benzene ring substituents is 1. The minimum Gasteiger partial charge on any atom is -0.475 e. The molecule has 0 saturated carbocycles. The van der Waals surface area contributed by atoms with Crippen LogP contribution in [-0.2, 0) is 6.54 Å². The molecule has 0 amide bonds. The quantitative estimate of drug-likeness (QED) is 0.587. The molecule has 106 valence electrons. The molecular formula is C14H10N2O5. The predicted octanol–water partition coefficient (Wildman–Crippen LogP) is 2.89. The van der Waals surface area contributed by atoms with Gasteiger partial charge in [-0.05, 0) is 18.2 Å². The average molecular weight is 286 g/mol. The van der Waals surface area contributed by atoms with Crippen molar-refractivity contribution in [1.82, 2.24) is 4.57 Å². The van der Waals surface area contributed by atoms with Gasteiger partial charge < -0.3 is 14.1 Å². The summed E-state index contributed by atoms with van der Waals surface area (Å²) in [5.41, 5.74) is 1.20. The SMILES string of the molecule is O=C(O)c1occc1Cn1ccc2c([N+](=O)[O-])cccc21. The van der Waals surface area contributed by atoms with Crippen molar-refractivity contribution >= 4 is 22.6 Å². The van der Waals surface area contributed by atoms with Crippen LogP contribution in [-0.4, -0.2) is 20.6 Å². The molecule has 3 rings (SSSR count).